The molecule has 0 radical (unpaired) electrons. The van der Waals surface area contributed by atoms with Gasteiger partial charge in [0.2, 0.25) is 0 Å². The number of hydrogen-bond donors (Lipinski definition) is 1. The van der Waals surface area contributed by atoms with Crippen molar-refractivity contribution in [2.45, 2.75) is 13.0 Å². The van der Waals surface area contributed by atoms with Crippen molar-refractivity contribution in [3.8, 4) is 0 Å². The third-order valence-electron chi connectivity index (χ3n) is 2.05. The maximum atomic E-state index is 13.0. The zero-order valence-electron chi connectivity index (χ0n) is 8.93. The minimum Gasteiger partial charge on any atom is -0.469 e. The smallest absolute Gasteiger partial charge is 0.306 e. The number of hydrogen-bond acceptors (Lipinski definition) is 3. The average molecular weight is 246 g/mol. The van der Waals surface area contributed by atoms with E-state index in [0.29, 0.717) is 19.5 Å². The monoisotopic (exact) mass is 245 g/mol. The highest BCUT2D eigenvalue weighted by Gasteiger charge is 2.02. The van der Waals surface area contributed by atoms with E-state index in [1.165, 1.54) is 19.2 Å². The minimum atomic E-state index is -0.436. The first kappa shape index (κ1) is 12.9. The van der Waals surface area contributed by atoms with Crippen LogP contribution >= 0.6 is 11.6 Å². The molecule has 0 saturated carbocycles. The SMILES string of the molecule is COC(=O)CCNCc1ccc(Cl)c(F)c1. The molecule has 0 bridgehead atoms. The van der Waals surface area contributed by atoms with E-state index in [1.807, 2.05) is 0 Å². The highest BCUT2D eigenvalue weighted by molar-refractivity contribution is 6.30. The molecule has 0 aromatic heterocycles. The van der Waals surface area contributed by atoms with Crippen LogP contribution in [-0.2, 0) is 16.1 Å². The molecule has 1 N–H and O–H groups in total. The molecule has 0 aliphatic carbocycles. The summed E-state index contributed by atoms with van der Waals surface area (Å²) in [6.45, 7) is 0.988. The van der Waals surface area contributed by atoms with E-state index in [1.54, 1.807) is 6.07 Å². The van der Waals surface area contributed by atoms with Gasteiger partial charge in [0.05, 0.1) is 18.6 Å². The second-order valence-electron chi connectivity index (χ2n) is 3.25. The lowest BCUT2D eigenvalue weighted by atomic mass is 10.2. The maximum Gasteiger partial charge on any atom is 0.306 e. The summed E-state index contributed by atoms with van der Waals surface area (Å²) >= 11 is 5.55. The number of carbonyl (C=O) groups is 1. The molecule has 0 unspecified atom stereocenters. The summed E-state index contributed by atoms with van der Waals surface area (Å²) in [6.07, 6.45) is 0.298. The molecular formula is C11H13ClFNO2. The van der Waals surface area contributed by atoms with E-state index in [0.717, 1.165) is 5.56 Å². The molecule has 1 aromatic rings. The standard InChI is InChI=1S/C11H13ClFNO2/c1-16-11(15)4-5-14-7-8-2-3-9(12)10(13)6-8/h2-3,6,14H,4-5,7H2,1H3. The number of nitrogens with one attached hydrogen (secondary N) is 1. The summed E-state index contributed by atoms with van der Waals surface area (Å²) in [5.41, 5.74) is 0.784. The Labute approximate surface area is 98.5 Å². The van der Waals surface area contributed by atoms with Crippen LogP contribution in [-0.4, -0.2) is 19.6 Å². The normalized spacial score (nSPS) is 10.2. The van der Waals surface area contributed by atoms with Gasteiger partial charge < -0.3 is 10.1 Å². The van der Waals surface area contributed by atoms with Gasteiger partial charge in [-0.2, -0.15) is 0 Å². The summed E-state index contributed by atoms with van der Waals surface area (Å²) in [5.74, 6) is -0.705. The molecule has 1 aromatic carbocycles. The van der Waals surface area contributed by atoms with Crippen molar-refractivity contribution in [3.05, 3.63) is 34.6 Å². The van der Waals surface area contributed by atoms with Crippen LogP contribution in [0, 0.1) is 5.82 Å². The molecule has 5 heteroatoms. The van der Waals surface area contributed by atoms with Crippen molar-refractivity contribution in [2.24, 2.45) is 0 Å². The van der Waals surface area contributed by atoms with Crippen molar-refractivity contribution in [3.63, 3.8) is 0 Å². The minimum absolute atomic E-state index is 0.110. The molecule has 3 nitrogen and oxygen atoms in total. The number of benzene rings is 1. The van der Waals surface area contributed by atoms with Crippen molar-refractivity contribution in [1.29, 1.82) is 0 Å². The molecule has 0 atom stereocenters. The predicted molar refractivity (Wildman–Crippen MR) is 59.7 cm³/mol. The van der Waals surface area contributed by atoms with E-state index in [9.17, 15) is 9.18 Å². The fraction of sp³-hybridized carbons (Fsp3) is 0.364. The number of methoxy groups -OCH3 is 1. The molecule has 0 aliphatic rings. The van der Waals surface area contributed by atoms with Gasteiger partial charge in [-0.15, -0.1) is 0 Å². The highest BCUT2D eigenvalue weighted by atomic mass is 35.5. The van der Waals surface area contributed by atoms with Gasteiger partial charge in [0.1, 0.15) is 5.82 Å². The first-order valence-corrected chi connectivity index (χ1v) is 5.22. The molecule has 88 valence electrons. The number of halogens is 2. The van der Waals surface area contributed by atoms with Crippen molar-refractivity contribution in [1.82, 2.24) is 5.32 Å². The van der Waals surface area contributed by atoms with Gasteiger partial charge in [0.15, 0.2) is 0 Å². The Hall–Kier alpha value is -1.13. The Bertz CT molecular complexity index is 371. The third kappa shape index (κ3) is 4.16. The topological polar surface area (TPSA) is 38.3 Å². The van der Waals surface area contributed by atoms with Crippen LogP contribution in [0.1, 0.15) is 12.0 Å². The Morgan fingerprint density at radius 2 is 2.31 bits per heavy atom. The van der Waals surface area contributed by atoms with Crippen molar-refractivity contribution >= 4 is 17.6 Å². The van der Waals surface area contributed by atoms with E-state index in [4.69, 9.17) is 11.6 Å². The molecule has 0 aliphatic heterocycles. The molecule has 16 heavy (non-hydrogen) atoms. The molecule has 1 rings (SSSR count). The van der Waals surface area contributed by atoms with Crippen LogP contribution in [0.2, 0.25) is 5.02 Å². The lowest BCUT2D eigenvalue weighted by Crippen LogP contribution is -2.18. The fourth-order valence-electron chi connectivity index (χ4n) is 1.17. The van der Waals surface area contributed by atoms with Gasteiger partial charge in [-0.1, -0.05) is 17.7 Å². The molecule has 0 saturated heterocycles. The van der Waals surface area contributed by atoms with Gasteiger partial charge in [-0.05, 0) is 17.7 Å². The van der Waals surface area contributed by atoms with Crippen LogP contribution in [0.15, 0.2) is 18.2 Å². The Balaban J connectivity index is 2.32. The zero-order valence-corrected chi connectivity index (χ0v) is 9.68. The number of ether oxygens (including phenoxy) is 1. The molecule has 0 amide bonds. The van der Waals surface area contributed by atoms with Crippen LogP contribution in [0.4, 0.5) is 4.39 Å². The van der Waals surface area contributed by atoms with Gasteiger partial charge >= 0.3 is 5.97 Å². The second kappa shape index (κ2) is 6.45. The van der Waals surface area contributed by atoms with Crippen LogP contribution in [0.3, 0.4) is 0 Å². The molecule has 0 heterocycles. The molecule has 0 fully saturated rings. The van der Waals surface area contributed by atoms with E-state index >= 15 is 0 Å². The third-order valence-corrected chi connectivity index (χ3v) is 2.35. The highest BCUT2D eigenvalue weighted by Crippen LogP contribution is 2.15. The summed E-state index contributed by atoms with van der Waals surface area (Å²) < 4.78 is 17.5. The quantitative estimate of drug-likeness (QED) is 0.638. The zero-order chi connectivity index (χ0) is 12.0. The van der Waals surface area contributed by atoms with Crippen LogP contribution in [0.25, 0.3) is 0 Å². The summed E-state index contributed by atoms with van der Waals surface area (Å²) in [4.78, 5) is 10.8. The van der Waals surface area contributed by atoms with E-state index in [2.05, 4.69) is 10.1 Å². The summed E-state index contributed by atoms with van der Waals surface area (Å²) in [7, 11) is 1.34. The lowest BCUT2D eigenvalue weighted by molar-refractivity contribution is -0.140. The van der Waals surface area contributed by atoms with Gasteiger partial charge in [0, 0.05) is 13.1 Å². The largest absolute Gasteiger partial charge is 0.469 e. The van der Waals surface area contributed by atoms with Crippen molar-refractivity contribution < 1.29 is 13.9 Å². The second-order valence-corrected chi connectivity index (χ2v) is 3.66. The van der Waals surface area contributed by atoms with Gasteiger partial charge in [0.25, 0.3) is 0 Å². The average Bonchev–Trinajstić information content (AvgIpc) is 2.28. The first-order chi connectivity index (χ1) is 7.63. The van der Waals surface area contributed by atoms with E-state index in [-0.39, 0.29) is 11.0 Å². The first-order valence-electron chi connectivity index (χ1n) is 4.85. The lowest BCUT2D eigenvalue weighted by Gasteiger charge is -2.04. The number of carbonyl (C=O) groups excluding carboxylic acids is 1. The maximum absolute atomic E-state index is 13.0. The van der Waals surface area contributed by atoms with Crippen LogP contribution in [0.5, 0.6) is 0 Å². The Morgan fingerprint density at radius 3 is 2.94 bits per heavy atom. The molecular weight excluding hydrogens is 233 g/mol. The Morgan fingerprint density at radius 1 is 1.56 bits per heavy atom. The van der Waals surface area contributed by atoms with Gasteiger partial charge in [-0.25, -0.2) is 4.39 Å². The predicted octanol–water partition coefficient (Wildman–Crippen LogP) is 2.13. The Kier molecular flexibility index (Phi) is 5.22. The van der Waals surface area contributed by atoms with E-state index < -0.39 is 5.82 Å². The fourth-order valence-corrected chi connectivity index (χ4v) is 1.29. The van der Waals surface area contributed by atoms with Gasteiger partial charge in [-0.3, -0.25) is 4.79 Å². The molecule has 0 spiro atoms. The number of esters is 1. The van der Waals surface area contributed by atoms with Crippen molar-refractivity contribution in [2.75, 3.05) is 13.7 Å². The summed E-state index contributed by atoms with van der Waals surface area (Å²) in [6, 6.07) is 4.61. The summed E-state index contributed by atoms with van der Waals surface area (Å²) in [5, 5.41) is 3.11. The van der Waals surface area contributed by atoms with Crippen LogP contribution < -0.4 is 5.32 Å². The number of rotatable bonds is 5.